The molecule has 1 aromatic carbocycles. The number of hydrogen-bond donors (Lipinski definition) is 1. The second-order valence-electron chi connectivity index (χ2n) is 6.57. The van der Waals surface area contributed by atoms with E-state index in [1.807, 2.05) is 30.3 Å². The maximum atomic E-state index is 12.1. The Bertz CT molecular complexity index is 825. The summed E-state index contributed by atoms with van der Waals surface area (Å²) in [6, 6.07) is 8.61. The van der Waals surface area contributed by atoms with Gasteiger partial charge in [0.25, 0.3) is 0 Å². The smallest absolute Gasteiger partial charge is 0.408 e. The molecule has 9 heteroatoms. The molecule has 0 radical (unpaired) electrons. The molecule has 1 heterocycles. The van der Waals surface area contributed by atoms with Crippen molar-refractivity contribution in [1.29, 1.82) is 0 Å². The Morgan fingerprint density at radius 3 is 2.40 bits per heavy atom. The van der Waals surface area contributed by atoms with Crippen LogP contribution in [0.15, 0.2) is 40.0 Å². The van der Waals surface area contributed by atoms with Gasteiger partial charge in [0, 0.05) is 12.7 Å². The summed E-state index contributed by atoms with van der Waals surface area (Å²) in [7, 11) is -3.63. The zero-order valence-electron chi connectivity index (χ0n) is 14.5. The molecule has 1 N–H and O–H groups in total. The van der Waals surface area contributed by atoms with Crippen LogP contribution in [0.3, 0.4) is 0 Å². The number of nitrogens with one attached hydrogen (secondary N) is 1. The van der Waals surface area contributed by atoms with E-state index >= 15 is 0 Å². The molecule has 2 aromatic rings. The summed E-state index contributed by atoms with van der Waals surface area (Å²) in [5.41, 5.74) is 0.233. The van der Waals surface area contributed by atoms with Gasteiger partial charge in [-0.15, -0.1) is 5.10 Å². The Balaban J connectivity index is 2.25. The van der Waals surface area contributed by atoms with E-state index in [0.29, 0.717) is 6.42 Å². The molecule has 0 bridgehead atoms. The van der Waals surface area contributed by atoms with Crippen molar-refractivity contribution in [3.05, 3.63) is 41.8 Å². The molecule has 0 saturated carbocycles. The van der Waals surface area contributed by atoms with E-state index < -0.39 is 32.8 Å². The summed E-state index contributed by atoms with van der Waals surface area (Å²) in [5, 5.41) is 9.45. The van der Waals surface area contributed by atoms with Crippen molar-refractivity contribution >= 4 is 15.9 Å². The summed E-state index contributed by atoms with van der Waals surface area (Å²) < 4.78 is 33.5. The lowest BCUT2D eigenvalue weighted by molar-refractivity contribution is 0.0494. The lowest BCUT2D eigenvalue weighted by atomic mass is 10.1. The molecule has 1 amide bonds. The number of sulfone groups is 1. The van der Waals surface area contributed by atoms with Crippen molar-refractivity contribution in [2.24, 2.45) is 0 Å². The Morgan fingerprint density at radius 2 is 1.88 bits per heavy atom. The maximum Gasteiger partial charge on any atom is 0.408 e. The highest BCUT2D eigenvalue weighted by Gasteiger charge is 2.26. The molecule has 1 aromatic heterocycles. The number of carbonyl (C=O) groups excluding carboxylic acids is 1. The van der Waals surface area contributed by atoms with Gasteiger partial charge in [0.05, 0.1) is 0 Å². The van der Waals surface area contributed by atoms with E-state index in [1.54, 1.807) is 20.8 Å². The summed E-state index contributed by atoms with van der Waals surface area (Å²) >= 11 is 0. The van der Waals surface area contributed by atoms with Gasteiger partial charge in [-0.25, -0.2) is 13.2 Å². The van der Waals surface area contributed by atoms with Crippen molar-refractivity contribution in [1.82, 2.24) is 15.5 Å². The van der Waals surface area contributed by atoms with E-state index in [-0.39, 0.29) is 5.89 Å². The second kappa shape index (κ2) is 7.22. The molecule has 0 unspecified atom stereocenters. The van der Waals surface area contributed by atoms with Gasteiger partial charge < -0.3 is 14.5 Å². The SMILES string of the molecule is CC(C)(C)OC(=O)N[C@@H](Cc1ccccc1)c1nnc(S(C)(=O)=O)o1. The number of benzene rings is 1. The summed E-state index contributed by atoms with van der Waals surface area (Å²) in [6.45, 7) is 5.23. The van der Waals surface area contributed by atoms with Gasteiger partial charge in [0.1, 0.15) is 11.6 Å². The molecule has 0 spiro atoms. The molecule has 0 aliphatic carbocycles. The molecule has 2 rings (SSSR count). The van der Waals surface area contributed by atoms with Crippen LogP contribution in [0.2, 0.25) is 0 Å². The van der Waals surface area contributed by atoms with Crippen molar-refractivity contribution in [2.75, 3.05) is 6.26 Å². The number of hydrogen-bond acceptors (Lipinski definition) is 7. The first-order valence-electron chi connectivity index (χ1n) is 7.61. The fraction of sp³-hybridized carbons (Fsp3) is 0.438. The van der Waals surface area contributed by atoms with Crippen LogP contribution < -0.4 is 5.32 Å². The first kappa shape index (κ1) is 18.9. The van der Waals surface area contributed by atoms with Crippen LogP contribution in [0.5, 0.6) is 0 Å². The maximum absolute atomic E-state index is 12.1. The first-order valence-corrected chi connectivity index (χ1v) is 9.50. The quantitative estimate of drug-likeness (QED) is 0.863. The molecule has 8 nitrogen and oxygen atoms in total. The fourth-order valence-corrected chi connectivity index (χ4v) is 2.44. The van der Waals surface area contributed by atoms with Crippen LogP contribution in [0, 0.1) is 0 Å². The monoisotopic (exact) mass is 367 g/mol. The van der Waals surface area contributed by atoms with Crippen LogP contribution in [0.25, 0.3) is 0 Å². The molecular formula is C16H21N3O5S. The third kappa shape index (κ3) is 5.86. The van der Waals surface area contributed by atoms with Crippen LogP contribution >= 0.6 is 0 Å². The number of carbonyl (C=O) groups is 1. The molecule has 0 aliphatic heterocycles. The van der Waals surface area contributed by atoms with Gasteiger partial charge in [0.15, 0.2) is 0 Å². The standard InChI is InChI=1S/C16H21N3O5S/c1-16(2,3)24-14(20)17-12(10-11-8-6-5-7-9-11)13-18-19-15(23-13)25(4,21)22/h5-9,12H,10H2,1-4H3,(H,17,20)/t12-/m0/s1. The van der Waals surface area contributed by atoms with Gasteiger partial charge in [-0.05, 0) is 26.3 Å². The fourth-order valence-electron chi connectivity index (χ4n) is 2.01. The third-order valence-electron chi connectivity index (χ3n) is 3.01. The lowest BCUT2D eigenvalue weighted by Crippen LogP contribution is -2.36. The highest BCUT2D eigenvalue weighted by molar-refractivity contribution is 7.90. The molecule has 1 atom stereocenters. The Kier molecular flexibility index (Phi) is 5.46. The number of alkyl carbamates (subject to hydrolysis) is 1. The van der Waals surface area contributed by atoms with Gasteiger partial charge in [-0.3, -0.25) is 0 Å². The highest BCUT2D eigenvalue weighted by Crippen LogP contribution is 2.20. The zero-order chi connectivity index (χ0) is 18.7. The predicted octanol–water partition coefficient (Wildman–Crippen LogP) is 2.28. The topological polar surface area (TPSA) is 111 Å². The van der Waals surface area contributed by atoms with Crippen LogP contribution in [0.4, 0.5) is 4.79 Å². The summed E-state index contributed by atoms with van der Waals surface area (Å²) in [5.74, 6) is -0.00450. The van der Waals surface area contributed by atoms with Crippen molar-refractivity contribution in [3.63, 3.8) is 0 Å². The summed E-state index contributed by atoms with van der Waals surface area (Å²) in [4.78, 5) is 12.1. The second-order valence-corrected chi connectivity index (χ2v) is 8.46. The number of aromatic nitrogens is 2. The van der Waals surface area contributed by atoms with Gasteiger partial charge in [-0.2, -0.15) is 0 Å². The zero-order valence-corrected chi connectivity index (χ0v) is 15.3. The number of amides is 1. The average molecular weight is 367 g/mol. The van der Waals surface area contributed by atoms with Crippen molar-refractivity contribution < 1.29 is 22.4 Å². The Hall–Kier alpha value is -2.42. The van der Waals surface area contributed by atoms with Crippen LogP contribution in [-0.4, -0.2) is 36.6 Å². The number of rotatable bonds is 5. The number of nitrogens with zero attached hydrogens (tertiary/aromatic N) is 2. The normalized spacial score (nSPS) is 13.3. The predicted molar refractivity (Wildman–Crippen MR) is 89.7 cm³/mol. The van der Waals surface area contributed by atoms with E-state index in [2.05, 4.69) is 15.5 Å². The summed E-state index contributed by atoms with van der Waals surface area (Å²) in [6.07, 6.45) is 0.649. The van der Waals surface area contributed by atoms with Gasteiger partial charge >= 0.3 is 11.3 Å². The molecular weight excluding hydrogens is 346 g/mol. The van der Waals surface area contributed by atoms with Crippen molar-refractivity contribution in [2.45, 2.75) is 44.1 Å². The molecule has 136 valence electrons. The minimum absolute atomic E-state index is 0.00450. The van der Waals surface area contributed by atoms with E-state index in [9.17, 15) is 13.2 Å². The molecule has 0 aliphatic rings. The van der Waals surface area contributed by atoms with Crippen LogP contribution in [0.1, 0.15) is 38.3 Å². The molecule has 25 heavy (non-hydrogen) atoms. The van der Waals surface area contributed by atoms with Gasteiger partial charge in [0.2, 0.25) is 15.7 Å². The minimum Gasteiger partial charge on any atom is -0.444 e. The first-order chi connectivity index (χ1) is 11.5. The minimum atomic E-state index is -3.63. The lowest BCUT2D eigenvalue weighted by Gasteiger charge is -2.22. The van der Waals surface area contributed by atoms with E-state index in [4.69, 9.17) is 9.15 Å². The Labute approximate surface area is 146 Å². The molecule has 0 saturated heterocycles. The van der Waals surface area contributed by atoms with Crippen molar-refractivity contribution in [3.8, 4) is 0 Å². The van der Waals surface area contributed by atoms with E-state index in [1.165, 1.54) is 0 Å². The highest BCUT2D eigenvalue weighted by atomic mass is 32.2. The average Bonchev–Trinajstić information content (AvgIpc) is 2.95. The van der Waals surface area contributed by atoms with Crippen LogP contribution in [-0.2, 0) is 21.0 Å². The Morgan fingerprint density at radius 1 is 1.24 bits per heavy atom. The van der Waals surface area contributed by atoms with Gasteiger partial charge in [-0.1, -0.05) is 35.4 Å². The largest absolute Gasteiger partial charge is 0.444 e. The third-order valence-corrected chi connectivity index (χ3v) is 3.81. The number of ether oxygens (including phenoxy) is 1. The van der Waals surface area contributed by atoms with E-state index in [0.717, 1.165) is 11.8 Å². The molecule has 0 fully saturated rings.